The van der Waals surface area contributed by atoms with E-state index in [1.54, 1.807) is 26.0 Å². The zero-order chi connectivity index (χ0) is 16.9. The number of hydrogen-bond acceptors (Lipinski definition) is 2. The maximum absolute atomic E-state index is 12.4. The lowest BCUT2D eigenvalue weighted by Gasteiger charge is -2.28. The Morgan fingerprint density at radius 1 is 1.09 bits per heavy atom. The standard InChI is InChI=1S/C18H25ClN2O2/c1-18(2,17(23)21-15-6-4-3-5-7-15)16(22)20-12-13-8-10-14(19)11-9-13/h8-11,15H,3-7,12H2,1-2H3,(H,20,22)(H,21,23). The van der Waals surface area contributed by atoms with E-state index in [-0.39, 0.29) is 17.9 Å². The first-order chi connectivity index (χ1) is 10.9. The molecule has 0 atom stereocenters. The number of hydrogen-bond donors (Lipinski definition) is 2. The largest absolute Gasteiger partial charge is 0.352 e. The van der Waals surface area contributed by atoms with Crippen LogP contribution in [0.5, 0.6) is 0 Å². The predicted molar refractivity (Wildman–Crippen MR) is 92.1 cm³/mol. The van der Waals surface area contributed by atoms with Crippen LogP contribution < -0.4 is 10.6 Å². The molecule has 0 aromatic heterocycles. The van der Waals surface area contributed by atoms with Crippen LogP contribution in [0.3, 0.4) is 0 Å². The zero-order valence-electron chi connectivity index (χ0n) is 13.8. The minimum atomic E-state index is -1.08. The quantitative estimate of drug-likeness (QED) is 0.809. The molecule has 1 fully saturated rings. The Hall–Kier alpha value is -1.55. The fraction of sp³-hybridized carbons (Fsp3) is 0.556. The Labute approximate surface area is 143 Å². The highest BCUT2D eigenvalue weighted by Gasteiger charge is 2.36. The van der Waals surface area contributed by atoms with E-state index in [0.717, 1.165) is 31.2 Å². The average Bonchev–Trinajstić information content (AvgIpc) is 2.54. The summed E-state index contributed by atoms with van der Waals surface area (Å²) >= 11 is 5.84. The lowest BCUT2D eigenvalue weighted by atomic mass is 9.89. The molecule has 0 spiro atoms. The molecule has 4 nitrogen and oxygen atoms in total. The monoisotopic (exact) mass is 336 g/mol. The maximum atomic E-state index is 12.4. The van der Waals surface area contributed by atoms with Gasteiger partial charge in [0.05, 0.1) is 0 Å². The molecular formula is C18H25ClN2O2. The van der Waals surface area contributed by atoms with E-state index in [4.69, 9.17) is 11.6 Å². The van der Waals surface area contributed by atoms with Crippen molar-refractivity contribution < 1.29 is 9.59 Å². The molecule has 0 heterocycles. The van der Waals surface area contributed by atoms with Crippen LogP contribution in [0.1, 0.15) is 51.5 Å². The van der Waals surface area contributed by atoms with Crippen LogP contribution in [0.2, 0.25) is 5.02 Å². The molecule has 2 rings (SSSR count). The van der Waals surface area contributed by atoms with Crippen LogP contribution in [0.15, 0.2) is 24.3 Å². The normalized spacial score (nSPS) is 16.0. The number of nitrogens with one attached hydrogen (secondary N) is 2. The highest BCUT2D eigenvalue weighted by molar-refractivity contribution is 6.30. The zero-order valence-corrected chi connectivity index (χ0v) is 14.6. The number of benzene rings is 1. The molecule has 1 aliphatic carbocycles. The molecule has 0 saturated heterocycles. The summed E-state index contributed by atoms with van der Waals surface area (Å²) in [4.78, 5) is 24.8. The second-order valence-corrected chi connectivity index (χ2v) is 7.18. The smallest absolute Gasteiger partial charge is 0.235 e. The third-order valence-electron chi connectivity index (χ3n) is 4.44. The maximum Gasteiger partial charge on any atom is 0.235 e. The van der Waals surface area contributed by atoms with Crippen molar-refractivity contribution in [3.63, 3.8) is 0 Å². The van der Waals surface area contributed by atoms with Crippen LogP contribution in [0, 0.1) is 5.41 Å². The molecule has 5 heteroatoms. The van der Waals surface area contributed by atoms with Crippen molar-refractivity contribution in [3.05, 3.63) is 34.9 Å². The highest BCUT2D eigenvalue weighted by atomic mass is 35.5. The van der Waals surface area contributed by atoms with Crippen LogP contribution in [-0.4, -0.2) is 17.9 Å². The molecule has 0 radical (unpaired) electrons. The molecule has 0 bridgehead atoms. The van der Waals surface area contributed by atoms with Crippen LogP contribution >= 0.6 is 11.6 Å². The molecule has 1 saturated carbocycles. The van der Waals surface area contributed by atoms with E-state index >= 15 is 0 Å². The van der Waals surface area contributed by atoms with Crippen LogP contribution in [0.4, 0.5) is 0 Å². The summed E-state index contributed by atoms with van der Waals surface area (Å²) in [5.41, 5.74) is -0.129. The third kappa shape index (κ3) is 4.96. The number of carbonyl (C=O) groups excluding carboxylic acids is 2. The van der Waals surface area contributed by atoms with Gasteiger partial charge in [-0.15, -0.1) is 0 Å². The first-order valence-electron chi connectivity index (χ1n) is 8.23. The molecule has 0 aliphatic heterocycles. The van der Waals surface area contributed by atoms with Gasteiger partial charge in [-0.05, 0) is 44.4 Å². The van der Waals surface area contributed by atoms with Crippen molar-refractivity contribution in [2.45, 2.75) is 58.5 Å². The highest BCUT2D eigenvalue weighted by Crippen LogP contribution is 2.21. The molecule has 1 aromatic rings. The Balaban J connectivity index is 1.87. The first-order valence-corrected chi connectivity index (χ1v) is 8.61. The van der Waals surface area contributed by atoms with Gasteiger partial charge in [0, 0.05) is 17.6 Å². The molecule has 2 N–H and O–H groups in total. The summed E-state index contributed by atoms with van der Waals surface area (Å²) in [6.45, 7) is 3.72. The van der Waals surface area contributed by atoms with Crippen LogP contribution in [-0.2, 0) is 16.1 Å². The summed E-state index contributed by atoms with van der Waals surface area (Å²) in [6.07, 6.45) is 5.54. The van der Waals surface area contributed by atoms with Crippen molar-refractivity contribution in [1.29, 1.82) is 0 Å². The van der Waals surface area contributed by atoms with Gasteiger partial charge in [0.15, 0.2) is 0 Å². The van der Waals surface area contributed by atoms with Crippen molar-refractivity contribution in [2.24, 2.45) is 5.41 Å². The van der Waals surface area contributed by atoms with E-state index < -0.39 is 5.41 Å². The summed E-state index contributed by atoms with van der Waals surface area (Å²) < 4.78 is 0. The van der Waals surface area contributed by atoms with Crippen molar-refractivity contribution in [1.82, 2.24) is 10.6 Å². The Morgan fingerprint density at radius 2 is 1.70 bits per heavy atom. The SMILES string of the molecule is CC(C)(C(=O)NCc1ccc(Cl)cc1)C(=O)NC1CCCCC1. The van der Waals surface area contributed by atoms with Crippen molar-refractivity contribution in [3.8, 4) is 0 Å². The van der Waals surface area contributed by atoms with Gasteiger partial charge < -0.3 is 10.6 Å². The Morgan fingerprint density at radius 3 is 2.30 bits per heavy atom. The fourth-order valence-electron chi connectivity index (χ4n) is 2.72. The summed E-state index contributed by atoms with van der Waals surface area (Å²) in [6, 6.07) is 7.49. The molecule has 2 amide bonds. The topological polar surface area (TPSA) is 58.2 Å². The Bertz CT molecular complexity index is 549. The van der Waals surface area contributed by atoms with Gasteiger partial charge in [0.2, 0.25) is 11.8 Å². The number of amides is 2. The van der Waals surface area contributed by atoms with Crippen molar-refractivity contribution in [2.75, 3.05) is 0 Å². The number of carbonyl (C=O) groups is 2. The van der Waals surface area contributed by atoms with E-state index in [1.165, 1.54) is 6.42 Å². The Kier molecular flexibility index (Phi) is 6.05. The minimum Gasteiger partial charge on any atom is -0.352 e. The second kappa shape index (κ2) is 7.82. The first kappa shape index (κ1) is 17.8. The van der Waals surface area contributed by atoms with Gasteiger partial charge >= 0.3 is 0 Å². The summed E-state index contributed by atoms with van der Waals surface area (Å²) in [7, 11) is 0. The number of rotatable bonds is 5. The van der Waals surface area contributed by atoms with Crippen molar-refractivity contribution >= 4 is 23.4 Å². The fourth-order valence-corrected chi connectivity index (χ4v) is 2.85. The van der Waals surface area contributed by atoms with E-state index in [9.17, 15) is 9.59 Å². The molecule has 1 aromatic carbocycles. The lowest BCUT2D eigenvalue weighted by molar-refractivity contribution is -0.142. The predicted octanol–water partition coefficient (Wildman–Crippen LogP) is 3.43. The molecule has 126 valence electrons. The molecular weight excluding hydrogens is 312 g/mol. The summed E-state index contributed by atoms with van der Waals surface area (Å²) in [5.74, 6) is -0.459. The van der Waals surface area contributed by atoms with Gasteiger partial charge in [-0.3, -0.25) is 9.59 Å². The third-order valence-corrected chi connectivity index (χ3v) is 4.69. The van der Waals surface area contributed by atoms with Gasteiger partial charge in [0.1, 0.15) is 5.41 Å². The van der Waals surface area contributed by atoms with Gasteiger partial charge in [-0.25, -0.2) is 0 Å². The molecule has 0 unspecified atom stereocenters. The van der Waals surface area contributed by atoms with E-state index in [2.05, 4.69) is 10.6 Å². The van der Waals surface area contributed by atoms with E-state index in [1.807, 2.05) is 12.1 Å². The summed E-state index contributed by atoms with van der Waals surface area (Å²) in [5, 5.41) is 6.52. The average molecular weight is 337 g/mol. The molecule has 1 aliphatic rings. The van der Waals surface area contributed by atoms with Crippen LogP contribution in [0.25, 0.3) is 0 Å². The second-order valence-electron chi connectivity index (χ2n) is 6.74. The van der Waals surface area contributed by atoms with E-state index in [0.29, 0.717) is 11.6 Å². The van der Waals surface area contributed by atoms with Gasteiger partial charge in [-0.1, -0.05) is 43.0 Å². The van der Waals surface area contributed by atoms with Gasteiger partial charge in [-0.2, -0.15) is 0 Å². The minimum absolute atomic E-state index is 0.196. The lowest BCUT2D eigenvalue weighted by Crippen LogP contribution is -2.50. The van der Waals surface area contributed by atoms with Gasteiger partial charge in [0.25, 0.3) is 0 Å². The number of halogens is 1. The molecule has 23 heavy (non-hydrogen) atoms.